The molecule has 0 bridgehead atoms. The zero-order valence-corrected chi connectivity index (χ0v) is 17.8. The lowest BCUT2D eigenvalue weighted by Gasteiger charge is -2.53. The lowest BCUT2D eigenvalue weighted by Crippen LogP contribution is -2.47. The molecule has 0 aromatic heterocycles. The van der Waals surface area contributed by atoms with Gasteiger partial charge in [-0.05, 0) is 65.8 Å². The zero-order valence-electron chi connectivity index (χ0n) is 17.8. The second-order valence-electron chi connectivity index (χ2n) is 9.76. The van der Waals surface area contributed by atoms with Gasteiger partial charge in [0.15, 0.2) is 0 Å². The molecule has 6 nitrogen and oxygen atoms in total. The molecule has 2 heterocycles. The van der Waals surface area contributed by atoms with E-state index in [1.807, 2.05) is 18.2 Å². The van der Waals surface area contributed by atoms with E-state index in [0.29, 0.717) is 17.4 Å². The molecule has 5 unspecified atom stereocenters. The Morgan fingerprint density at radius 1 is 1.12 bits per heavy atom. The Balaban J connectivity index is 1.57. The SMILES string of the molecule is O=C(O)c1cc2c3c(c1)C1CCCCC1CN3C(c1cccc([N+](=O)[O-])c1)C1CC=CC21. The van der Waals surface area contributed by atoms with Gasteiger partial charge in [0.25, 0.3) is 5.69 Å². The third-order valence-corrected chi connectivity index (χ3v) is 8.18. The minimum Gasteiger partial charge on any atom is -0.478 e. The number of nitrogens with zero attached hydrogens (tertiary/aromatic N) is 2. The molecule has 5 atom stereocenters. The van der Waals surface area contributed by atoms with Gasteiger partial charge in [-0.3, -0.25) is 10.1 Å². The van der Waals surface area contributed by atoms with E-state index in [-0.39, 0.29) is 28.5 Å². The topological polar surface area (TPSA) is 83.7 Å². The van der Waals surface area contributed by atoms with Gasteiger partial charge in [-0.15, -0.1) is 0 Å². The summed E-state index contributed by atoms with van der Waals surface area (Å²) in [4.78, 5) is 25.7. The van der Waals surface area contributed by atoms with Crippen LogP contribution in [0.25, 0.3) is 0 Å². The van der Waals surface area contributed by atoms with Crippen molar-refractivity contribution in [3.05, 3.63) is 80.9 Å². The molecule has 6 rings (SSSR count). The lowest BCUT2D eigenvalue weighted by atomic mass is 9.66. The molecular formula is C26H26N2O4. The maximum atomic E-state index is 12.0. The van der Waals surface area contributed by atoms with E-state index in [1.54, 1.807) is 18.2 Å². The number of benzene rings is 2. The van der Waals surface area contributed by atoms with Crippen molar-refractivity contribution in [1.29, 1.82) is 0 Å². The Bertz CT molecular complexity index is 1160. The highest BCUT2D eigenvalue weighted by Gasteiger charge is 2.48. The summed E-state index contributed by atoms with van der Waals surface area (Å²) in [6.07, 6.45) is 9.99. The van der Waals surface area contributed by atoms with Gasteiger partial charge in [-0.25, -0.2) is 4.79 Å². The van der Waals surface area contributed by atoms with Crippen LogP contribution in [0.1, 0.15) is 77.0 Å². The Labute approximate surface area is 186 Å². The summed E-state index contributed by atoms with van der Waals surface area (Å²) in [5.41, 5.74) is 5.02. The highest BCUT2D eigenvalue weighted by Crippen LogP contribution is 2.59. The molecule has 1 saturated carbocycles. The highest BCUT2D eigenvalue weighted by atomic mass is 16.6. The summed E-state index contributed by atoms with van der Waals surface area (Å²) in [6, 6.07) is 11.0. The van der Waals surface area contributed by atoms with Crippen molar-refractivity contribution in [3.8, 4) is 0 Å². The van der Waals surface area contributed by atoms with Gasteiger partial charge in [0, 0.05) is 30.3 Å². The number of nitro benzene ring substituents is 1. The van der Waals surface area contributed by atoms with Crippen LogP contribution >= 0.6 is 0 Å². The van der Waals surface area contributed by atoms with Gasteiger partial charge in [-0.1, -0.05) is 37.1 Å². The molecule has 0 amide bonds. The lowest BCUT2D eigenvalue weighted by molar-refractivity contribution is -0.384. The molecule has 0 saturated heterocycles. The third kappa shape index (κ3) is 2.81. The standard InChI is InChI=1S/C26H26N2O4/c29-26(30)17-12-22-19-8-2-1-5-16(19)14-27-24(15-6-3-7-18(11-15)28(31)32)21-10-4-9-20(21)23(13-17)25(22)27/h3-4,6-7,9,11-13,16,19-21,24H,1-2,5,8,10,14H2,(H,29,30). The van der Waals surface area contributed by atoms with E-state index in [0.717, 1.165) is 36.9 Å². The monoisotopic (exact) mass is 430 g/mol. The van der Waals surface area contributed by atoms with Gasteiger partial charge < -0.3 is 10.0 Å². The quantitative estimate of drug-likeness (QED) is 0.378. The average Bonchev–Trinajstić information content (AvgIpc) is 3.29. The number of carboxylic acids is 1. The van der Waals surface area contributed by atoms with E-state index in [9.17, 15) is 20.0 Å². The third-order valence-electron chi connectivity index (χ3n) is 8.18. The van der Waals surface area contributed by atoms with Crippen LogP contribution in [0, 0.1) is 22.0 Å². The second kappa shape index (κ2) is 7.19. The molecule has 32 heavy (non-hydrogen) atoms. The Morgan fingerprint density at radius 2 is 1.94 bits per heavy atom. The first kappa shape index (κ1) is 19.5. The van der Waals surface area contributed by atoms with E-state index >= 15 is 0 Å². The number of aromatic carboxylic acids is 1. The number of allylic oxidation sites excluding steroid dienone is 2. The fourth-order valence-electron chi connectivity index (χ4n) is 6.92. The number of non-ortho nitro benzene ring substituents is 1. The normalized spacial score (nSPS) is 29.8. The first-order valence-corrected chi connectivity index (χ1v) is 11.6. The van der Waals surface area contributed by atoms with E-state index in [1.165, 1.54) is 24.1 Å². The Morgan fingerprint density at radius 3 is 2.75 bits per heavy atom. The predicted octanol–water partition coefficient (Wildman–Crippen LogP) is 5.80. The molecule has 2 aromatic carbocycles. The number of nitro groups is 1. The van der Waals surface area contributed by atoms with Crippen molar-refractivity contribution < 1.29 is 14.8 Å². The van der Waals surface area contributed by atoms with Crippen LogP contribution in [0.15, 0.2) is 48.6 Å². The molecule has 4 aliphatic rings. The van der Waals surface area contributed by atoms with Crippen molar-refractivity contribution in [2.75, 3.05) is 11.4 Å². The van der Waals surface area contributed by atoms with Crippen molar-refractivity contribution in [2.24, 2.45) is 11.8 Å². The number of anilines is 1. The van der Waals surface area contributed by atoms with E-state index in [4.69, 9.17) is 0 Å². The first-order valence-electron chi connectivity index (χ1n) is 11.6. The molecule has 0 radical (unpaired) electrons. The second-order valence-corrected chi connectivity index (χ2v) is 9.76. The van der Waals surface area contributed by atoms with Crippen molar-refractivity contribution >= 4 is 17.3 Å². The van der Waals surface area contributed by atoms with Crippen molar-refractivity contribution in [1.82, 2.24) is 0 Å². The van der Waals surface area contributed by atoms with E-state index < -0.39 is 5.97 Å². The minimum atomic E-state index is -0.868. The van der Waals surface area contributed by atoms with Crippen LogP contribution in [-0.2, 0) is 0 Å². The number of hydrogen-bond acceptors (Lipinski definition) is 4. The van der Waals surface area contributed by atoms with E-state index in [2.05, 4.69) is 17.1 Å². The van der Waals surface area contributed by atoms with Gasteiger partial charge in [0.1, 0.15) is 0 Å². The number of carboxylic acid groups (broad SMARTS) is 1. The molecule has 1 fully saturated rings. The molecule has 164 valence electrons. The summed E-state index contributed by atoms with van der Waals surface area (Å²) in [7, 11) is 0. The molecule has 0 spiro atoms. The summed E-state index contributed by atoms with van der Waals surface area (Å²) in [5, 5.41) is 21.3. The minimum absolute atomic E-state index is 0.0553. The summed E-state index contributed by atoms with van der Waals surface area (Å²) >= 11 is 0. The average molecular weight is 431 g/mol. The fraction of sp³-hybridized carbons (Fsp3) is 0.423. The number of fused-ring (bicyclic) bond motifs is 4. The molecule has 1 N–H and O–H groups in total. The zero-order chi connectivity index (χ0) is 22.0. The molecule has 6 heteroatoms. The number of carbonyl (C=O) groups is 1. The Hall–Kier alpha value is -3.15. The largest absolute Gasteiger partial charge is 0.478 e. The van der Waals surface area contributed by atoms with Crippen LogP contribution in [0.4, 0.5) is 11.4 Å². The van der Waals surface area contributed by atoms with Crippen LogP contribution in [0.2, 0.25) is 0 Å². The number of rotatable bonds is 3. The maximum absolute atomic E-state index is 12.0. The van der Waals surface area contributed by atoms with Crippen LogP contribution < -0.4 is 4.90 Å². The summed E-state index contributed by atoms with van der Waals surface area (Å²) in [5.74, 6) is 0.430. The van der Waals surface area contributed by atoms with Gasteiger partial charge in [-0.2, -0.15) is 0 Å². The van der Waals surface area contributed by atoms with Gasteiger partial charge in [0.05, 0.1) is 16.5 Å². The number of hydrogen-bond donors (Lipinski definition) is 1. The highest BCUT2D eigenvalue weighted by molar-refractivity contribution is 5.90. The molecular weight excluding hydrogens is 404 g/mol. The van der Waals surface area contributed by atoms with Gasteiger partial charge in [0.2, 0.25) is 0 Å². The van der Waals surface area contributed by atoms with Crippen molar-refractivity contribution in [2.45, 2.75) is 50.0 Å². The summed E-state index contributed by atoms with van der Waals surface area (Å²) < 4.78 is 0. The Kier molecular flexibility index (Phi) is 4.39. The first-order chi connectivity index (χ1) is 15.5. The van der Waals surface area contributed by atoms with Crippen LogP contribution in [0.5, 0.6) is 0 Å². The van der Waals surface area contributed by atoms with Crippen LogP contribution in [0.3, 0.4) is 0 Å². The predicted molar refractivity (Wildman–Crippen MR) is 121 cm³/mol. The molecule has 2 aromatic rings. The molecule has 2 aliphatic heterocycles. The summed E-state index contributed by atoms with van der Waals surface area (Å²) in [6.45, 7) is 0.938. The van der Waals surface area contributed by atoms with Gasteiger partial charge >= 0.3 is 5.97 Å². The molecule has 2 aliphatic carbocycles. The fourth-order valence-corrected chi connectivity index (χ4v) is 6.92. The smallest absolute Gasteiger partial charge is 0.335 e. The van der Waals surface area contributed by atoms with Crippen LogP contribution in [-0.4, -0.2) is 22.5 Å². The maximum Gasteiger partial charge on any atom is 0.335 e. The van der Waals surface area contributed by atoms with Crippen molar-refractivity contribution in [3.63, 3.8) is 0 Å².